The van der Waals surface area contributed by atoms with Crippen LogP contribution < -0.4 is 5.32 Å². The fraction of sp³-hybridized carbons (Fsp3) is 0.409. The van der Waals surface area contributed by atoms with Crippen LogP contribution in [0.15, 0.2) is 54.6 Å². The minimum Gasteiger partial charge on any atom is -0.353 e. The summed E-state index contributed by atoms with van der Waals surface area (Å²) in [6.45, 7) is 8.68. The van der Waals surface area contributed by atoms with Gasteiger partial charge in [0.15, 0.2) is 0 Å². The summed E-state index contributed by atoms with van der Waals surface area (Å²) >= 11 is 0. The van der Waals surface area contributed by atoms with Crippen molar-refractivity contribution in [2.75, 3.05) is 0 Å². The summed E-state index contributed by atoms with van der Waals surface area (Å²) in [5.41, 5.74) is 3.72. The number of carbonyl (C=O) groups excluding carboxylic acids is 1. The van der Waals surface area contributed by atoms with Gasteiger partial charge in [-0.2, -0.15) is 0 Å². The summed E-state index contributed by atoms with van der Waals surface area (Å²) < 4.78 is 0. The summed E-state index contributed by atoms with van der Waals surface area (Å²) in [6.07, 6.45) is 2.38. The Kier molecular flexibility index (Phi) is 6.19. The molecule has 0 aromatic heterocycles. The Bertz CT molecular complexity index is 643. The largest absolute Gasteiger partial charge is 0.353 e. The van der Waals surface area contributed by atoms with Gasteiger partial charge in [-0.05, 0) is 41.9 Å². The Hall–Kier alpha value is -2.09. The monoisotopic (exact) mass is 323 g/mol. The van der Waals surface area contributed by atoms with Gasteiger partial charge in [0.1, 0.15) is 0 Å². The second-order valence-corrected chi connectivity index (χ2v) is 7.27. The minimum absolute atomic E-state index is 0.0384. The molecule has 1 N–H and O–H groups in total. The summed E-state index contributed by atoms with van der Waals surface area (Å²) in [5.74, 6) is 0.0932. The van der Waals surface area contributed by atoms with Gasteiger partial charge in [-0.3, -0.25) is 4.79 Å². The molecule has 0 fully saturated rings. The molecule has 128 valence electrons. The van der Waals surface area contributed by atoms with E-state index in [0.29, 0.717) is 6.42 Å². The van der Waals surface area contributed by atoms with Crippen LogP contribution >= 0.6 is 0 Å². The van der Waals surface area contributed by atoms with Crippen LogP contribution in [0.1, 0.15) is 50.8 Å². The molecule has 1 amide bonds. The van der Waals surface area contributed by atoms with Crippen molar-refractivity contribution in [2.45, 2.75) is 58.4 Å². The molecule has 24 heavy (non-hydrogen) atoms. The Morgan fingerprint density at radius 1 is 1.00 bits per heavy atom. The first-order valence-electron chi connectivity index (χ1n) is 8.83. The van der Waals surface area contributed by atoms with Crippen molar-refractivity contribution in [2.24, 2.45) is 0 Å². The van der Waals surface area contributed by atoms with Gasteiger partial charge in [0, 0.05) is 6.04 Å². The maximum absolute atomic E-state index is 12.3. The van der Waals surface area contributed by atoms with E-state index in [2.05, 4.69) is 81.5 Å². The van der Waals surface area contributed by atoms with Crippen molar-refractivity contribution < 1.29 is 4.79 Å². The van der Waals surface area contributed by atoms with E-state index in [4.69, 9.17) is 0 Å². The first-order valence-corrected chi connectivity index (χ1v) is 8.83. The molecule has 1 unspecified atom stereocenters. The zero-order valence-corrected chi connectivity index (χ0v) is 15.3. The summed E-state index contributed by atoms with van der Waals surface area (Å²) in [7, 11) is 0. The Morgan fingerprint density at radius 2 is 1.58 bits per heavy atom. The van der Waals surface area contributed by atoms with Crippen molar-refractivity contribution in [3.05, 3.63) is 71.3 Å². The molecule has 2 aromatic rings. The van der Waals surface area contributed by atoms with Gasteiger partial charge in [-0.15, -0.1) is 0 Å². The van der Waals surface area contributed by atoms with Crippen LogP contribution in [-0.4, -0.2) is 11.9 Å². The van der Waals surface area contributed by atoms with Gasteiger partial charge >= 0.3 is 0 Å². The number of hydrogen-bond acceptors (Lipinski definition) is 1. The lowest BCUT2D eigenvalue weighted by molar-refractivity contribution is -0.121. The van der Waals surface area contributed by atoms with E-state index in [-0.39, 0.29) is 17.4 Å². The zero-order valence-electron chi connectivity index (χ0n) is 15.3. The average Bonchev–Trinajstić information content (AvgIpc) is 2.55. The highest BCUT2D eigenvalue weighted by Gasteiger charge is 2.23. The highest BCUT2D eigenvalue weighted by atomic mass is 16.1. The van der Waals surface area contributed by atoms with Crippen molar-refractivity contribution in [3.8, 4) is 0 Å². The molecule has 0 radical (unpaired) electrons. The standard InChI is InChI=1S/C22H29NO/c1-5-18-11-13-19(14-12-18)15-21(24)23-17(2)16-22(3,4)20-9-7-6-8-10-20/h6-14,17H,5,15-16H2,1-4H3,(H,23,24). The maximum atomic E-state index is 12.3. The van der Waals surface area contributed by atoms with E-state index in [1.165, 1.54) is 11.1 Å². The van der Waals surface area contributed by atoms with Crippen molar-refractivity contribution >= 4 is 5.91 Å². The highest BCUT2D eigenvalue weighted by molar-refractivity contribution is 5.78. The van der Waals surface area contributed by atoms with Crippen LogP contribution in [0.3, 0.4) is 0 Å². The lowest BCUT2D eigenvalue weighted by atomic mass is 9.79. The normalized spacial score (nSPS) is 12.7. The van der Waals surface area contributed by atoms with Gasteiger partial charge in [0.25, 0.3) is 0 Å². The second kappa shape index (κ2) is 8.14. The number of amides is 1. The molecular formula is C22H29NO. The van der Waals surface area contributed by atoms with E-state index in [0.717, 1.165) is 18.4 Å². The number of rotatable bonds is 7. The van der Waals surface area contributed by atoms with Gasteiger partial charge < -0.3 is 5.32 Å². The summed E-state index contributed by atoms with van der Waals surface area (Å²) in [4.78, 5) is 12.3. The van der Waals surface area contributed by atoms with Gasteiger partial charge in [0.05, 0.1) is 6.42 Å². The fourth-order valence-corrected chi connectivity index (χ4v) is 3.23. The highest BCUT2D eigenvalue weighted by Crippen LogP contribution is 2.28. The van der Waals surface area contributed by atoms with Crippen molar-refractivity contribution in [1.82, 2.24) is 5.32 Å². The molecule has 0 spiro atoms. The summed E-state index contributed by atoms with van der Waals surface area (Å²) in [5, 5.41) is 3.14. The van der Waals surface area contributed by atoms with Crippen molar-refractivity contribution in [1.29, 1.82) is 0 Å². The van der Waals surface area contributed by atoms with Crippen LogP contribution in [0.2, 0.25) is 0 Å². The third-order valence-corrected chi connectivity index (χ3v) is 4.58. The molecule has 0 bridgehead atoms. The van der Waals surface area contributed by atoms with E-state index in [1.54, 1.807) is 0 Å². The number of carbonyl (C=O) groups is 1. The maximum Gasteiger partial charge on any atom is 0.224 e. The smallest absolute Gasteiger partial charge is 0.224 e. The topological polar surface area (TPSA) is 29.1 Å². The number of nitrogens with one attached hydrogen (secondary N) is 1. The van der Waals surface area contributed by atoms with Crippen LogP contribution in [-0.2, 0) is 23.1 Å². The molecule has 0 aliphatic heterocycles. The molecule has 0 aliphatic carbocycles. The van der Waals surface area contributed by atoms with Crippen LogP contribution in [0.4, 0.5) is 0 Å². The average molecular weight is 323 g/mol. The molecule has 2 heteroatoms. The third kappa shape index (κ3) is 5.23. The molecule has 0 saturated carbocycles. The predicted molar refractivity (Wildman–Crippen MR) is 101 cm³/mol. The third-order valence-electron chi connectivity index (χ3n) is 4.58. The minimum atomic E-state index is 0.0384. The number of hydrogen-bond donors (Lipinski definition) is 1. The van der Waals surface area contributed by atoms with Gasteiger partial charge in [0.2, 0.25) is 5.91 Å². The molecule has 0 saturated heterocycles. The van der Waals surface area contributed by atoms with E-state index in [1.807, 2.05) is 6.07 Å². The molecule has 0 heterocycles. The van der Waals surface area contributed by atoms with E-state index < -0.39 is 0 Å². The molecule has 2 nitrogen and oxygen atoms in total. The Balaban J connectivity index is 1.89. The van der Waals surface area contributed by atoms with Crippen LogP contribution in [0.25, 0.3) is 0 Å². The lowest BCUT2D eigenvalue weighted by Crippen LogP contribution is -2.38. The van der Waals surface area contributed by atoms with Gasteiger partial charge in [-0.25, -0.2) is 0 Å². The van der Waals surface area contributed by atoms with Gasteiger partial charge in [-0.1, -0.05) is 75.4 Å². The van der Waals surface area contributed by atoms with Crippen LogP contribution in [0.5, 0.6) is 0 Å². The zero-order chi connectivity index (χ0) is 17.6. The predicted octanol–water partition coefficient (Wildman–Crippen LogP) is 4.66. The molecule has 2 aromatic carbocycles. The Labute approximate surface area is 146 Å². The number of aryl methyl sites for hydroxylation is 1. The quantitative estimate of drug-likeness (QED) is 0.788. The molecular weight excluding hydrogens is 294 g/mol. The number of benzene rings is 2. The second-order valence-electron chi connectivity index (χ2n) is 7.27. The Morgan fingerprint density at radius 3 is 2.17 bits per heavy atom. The molecule has 1 atom stereocenters. The fourth-order valence-electron chi connectivity index (χ4n) is 3.23. The van der Waals surface area contributed by atoms with E-state index in [9.17, 15) is 4.79 Å². The van der Waals surface area contributed by atoms with E-state index >= 15 is 0 Å². The van der Waals surface area contributed by atoms with Crippen LogP contribution in [0, 0.1) is 0 Å². The lowest BCUT2D eigenvalue weighted by Gasteiger charge is -2.29. The molecule has 0 aliphatic rings. The first-order chi connectivity index (χ1) is 11.4. The first kappa shape index (κ1) is 18.3. The SMILES string of the molecule is CCc1ccc(CC(=O)NC(C)CC(C)(C)c2ccccc2)cc1. The summed E-state index contributed by atoms with van der Waals surface area (Å²) in [6, 6.07) is 18.9. The van der Waals surface area contributed by atoms with Crippen molar-refractivity contribution in [3.63, 3.8) is 0 Å². The molecule has 2 rings (SSSR count).